The molecule has 8 heteroatoms. The second kappa shape index (κ2) is 9.18. The maximum atomic E-state index is 12.3. The van der Waals surface area contributed by atoms with Crippen LogP contribution in [0.15, 0.2) is 12.3 Å². The number of nitrogens with one attached hydrogen (secondary N) is 2. The Hall–Kier alpha value is -2.40. The van der Waals surface area contributed by atoms with Crippen molar-refractivity contribution in [3.63, 3.8) is 0 Å². The molecule has 8 nitrogen and oxygen atoms in total. The van der Waals surface area contributed by atoms with Crippen LogP contribution in [-0.4, -0.2) is 52.8 Å². The minimum atomic E-state index is -0.459. The SMILES string of the molecule is CC(C)C[C@H](Nc1ccnc(N2CCC(O)CC2)n1)C(=O)NCC#N. The molecule has 0 unspecified atom stereocenters. The van der Waals surface area contributed by atoms with E-state index in [1.54, 1.807) is 12.3 Å². The number of nitriles is 1. The van der Waals surface area contributed by atoms with Crippen LogP contribution in [0.3, 0.4) is 0 Å². The molecular weight excluding hydrogens is 320 g/mol. The zero-order chi connectivity index (χ0) is 18.2. The first-order valence-corrected chi connectivity index (χ1v) is 8.67. The van der Waals surface area contributed by atoms with Gasteiger partial charge in [0.15, 0.2) is 0 Å². The average molecular weight is 346 g/mol. The van der Waals surface area contributed by atoms with Crippen molar-refractivity contribution in [2.75, 3.05) is 29.9 Å². The molecule has 1 aliphatic rings. The maximum Gasteiger partial charge on any atom is 0.243 e. The molecule has 1 aliphatic heterocycles. The summed E-state index contributed by atoms with van der Waals surface area (Å²) in [6, 6.07) is 3.18. The van der Waals surface area contributed by atoms with Gasteiger partial charge in [0.25, 0.3) is 0 Å². The van der Waals surface area contributed by atoms with E-state index < -0.39 is 6.04 Å². The van der Waals surface area contributed by atoms with Gasteiger partial charge in [-0.1, -0.05) is 13.8 Å². The fourth-order valence-electron chi connectivity index (χ4n) is 2.78. The van der Waals surface area contributed by atoms with Crippen molar-refractivity contribution in [1.29, 1.82) is 5.26 Å². The number of aliphatic hydroxyl groups is 1. The number of aliphatic hydroxyl groups excluding tert-OH is 1. The smallest absolute Gasteiger partial charge is 0.243 e. The lowest BCUT2D eigenvalue weighted by molar-refractivity contribution is -0.121. The van der Waals surface area contributed by atoms with Gasteiger partial charge in [-0.05, 0) is 31.2 Å². The highest BCUT2D eigenvalue weighted by atomic mass is 16.3. The number of piperidine rings is 1. The second-order valence-electron chi connectivity index (χ2n) is 6.66. The van der Waals surface area contributed by atoms with Gasteiger partial charge < -0.3 is 20.6 Å². The Kier molecular flexibility index (Phi) is 6.95. The average Bonchev–Trinajstić information content (AvgIpc) is 2.59. The van der Waals surface area contributed by atoms with E-state index in [-0.39, 0.29) is 18.6 Å². The molecule has 1 aromatic rings. The summed E-state index contributed by atoms with van der Waals surface area (Å²) in [7, 11) is 0. The van der Waals surface area contributed by atoms with Crippen molar-refractivity contribution in [3.05, 3.63) is 12.3 Å². The molecule has 1 aromatic heterocycles. The number of carbonyl (C=O) groups excluding carboxylic acids is 1. The molecule has 25 heavy (non-hydrogen) atoms. The van der Waals surface area contributed by atoms with Gasteiger partial charge in [0.1, 0.15) is 18.4 Å². The summed E-state index contributed by atoms with van der Waals surface area (Å²) in [5.41, 5.74) is 0. The van der Waals surface area contributed by atoms with Crippen LogP contribution in [0.5, 0.6) is 0 Å². The Bertz CT molecular complexity index is 607. The van der Waals surface area contributed by atoms with Crippen molar-refractivity contribution in [3.8, 4) is 6.07 Å². The van der Waals surface area contributed by atoms with Crippen LogP contribution in [-0.2, 0) is 4.79 Å². The monoisotopic (exact) mass is 346 g/mol. The van der Waals surface area contributed by atoms with Gasteiger partial charge in [-0.15, -0.1) is 0 Å². The molecule has 3 N–H and O–H groups in total. The standard InChI is InChI=1S/C17H26N6O2/c1-12(2)11-14(16(25)19-8-6-18)21-15-3-7-20-17(22-15)23-9-4-13(24)5-10-23/h3,7,12-14,24H,4-5,8-11H2,1-2H3,(H,19,25)(H,20,21,22)/t14-/m0/s1. The summed E-state index contributed by atoms with van der Waals surface area (Å²) in [4.78, 5) is 23.1. The van der Waals surface area contributed by atoms with Gasteiger partial charge in [0, 0.05) is 19.3 Å². The Labute approximate surface area is 148 Å². The Morgan fingerprint density at radius 3 is 2.84 bits per heavy atom. The number of hydrogen-bond acceptors (Lipinski definition) is 7. The van der Waals surface area contributed by atoms with E-state index in [4.69, 9.17) is 5.26 Å². The molecule has 1 saturated heterocycles. The van der Waals surface area contributed by atoms with E-state index in [9.17, 15) is 9.90 Å². The molecule has 1 fully saturated rings. The lowest BCUT2D eigenvalue weighted by Gasteiger charge is -2.29. The van der Waals surface area contributed by atoms with Crippen molar-refractivity contribution < 1.29 is 9.90 Å². The zero-order valence-electron chi connectivity index (χ0n) is 14.8. The molecule has 136 valence electrons. The number of nitrogens with zero attached hydrogens (tertiary/aromatic N) is 4. The van der Waals surface area contributed by atoms with E-state index in [1.165, 1.54) is 0 Å². The first-order valence-electron chi connectivity index (χ1n) is 8.67. The van der Waals surface area contributed by atoms with Gasteiger partial charge in [0.05, 0.1) is 12.2 Å². The van der Waals surface area contributed by atoms with Crippen LogP contribution in [0.4, 0.5) is 11.8 Å². The van der Waals surface area contributed by atoms with Crippen molar-refractivity contribution in [2.24, 2.45) is 5.92 Å². The summed E-state index contributed by atoms with van der Waals surface area (Å²) in [5, 5.41) is 24.0. The molecule has 2 heterocycles. The normalized spacial score (nSPS) is 16.4. The lowest BCUT2D eigenvalue weighted by atomic mass is 10.0. The highest BCUT2D eigenvalue weighted by Crippen LogP contribution is 2.18. The summed E-state index contributed by atoms with van der Waals surface area (Å²) in [5.74, 6) is 1.28. The second-order valence-corrected chi connectivity index (χ2v) is 6.66. The lowest BCUT2D eigenvalue weighted by Crippen LogP contribution is -2.41. The highest BCUT2D eigenvalue weighted by molar-refractivity contribution is 5.84. The highest BCUT2D eigenvalue weighted by Gasteiger charge is 2.22. The number of carbonyl (C=O) groups is 1. The number of amides is 1. The van der Waals surface area contributed by atoms with Gasteiger partial charge in [-0.3, -0.25) is 4.79 Å². The molecule has 0 radical (unpaired) electrons. The summed E-state index contributed by atoms with van der Waals surface area (Å²) in [6.45, 7) is 5.49. The molecule has 0 aliphatic carbocycles. The first-order chi connectivity index (χ1) is 12.0. The molecule has 2 rings (SSSR count). The summed E-state index contributed by atoms with van der Waals surface area (Å²) < 4.78 is 0. The molecule has 0 saturated carbocycles. The zero-order valence-corrected chi connectivity index (χ0v) is 14.8. The van der Waals surface area contributed by atoms with Gasteiger partial charge in [-0.2, -0.15) is 10.2 Å². The number of anilines is 2. The van der Waals surface area contributed by atoms with E-state index in [2.05, 4.69) is 20.6 Å². The molecule has 0 bridgehead atoms. The van der Waals surface area contributed by atoms with E-state index in [0.29, 0.717) is 50.0 Å². The van der Waals surface area contributed by atoms with Crippen LogP contribution < -0.4 is 15.5 Å². The Balaban J connectivity index is 2.06. The Morgan fingerprint density at radius 1 is 1.48 bits per heavy atom. The summed E-state index contributed by atoms with van der Waals surface area (Å²) in [6.07, 6.45) is 3.44. The van der Waals surface area contributed by atoms with Crippen molar-refractivity contribution in [2.45, 2.75) is 45.3 Å². The predicted molar refractivity (Wildman–Crippen MR) is 95.0 cm³/mol. The number of rotatable bonds is 7. The third kappa shape index (κ3) is 5.87. The van der Waals surface area contributed by atoms with Crippen molar-refractivity contribution in [1.82, 2.24) is 15.3 Å². The van der Waals surface area contributed by atoms with Gasteiger partial charge >= 0.3 is 0 Å². The van der Waals surface area contributed by atoms with E-state index in [1.807, 2.05) is 24.8 Å². The summed E-state index contributed by atoms with van der Waals surface area (Å²) >= 11 is 0. The molecule has 0 spiro atoms. The minimum Gasteiger partial charge on any atom is -0.393 e. The van der Waals surface area contributed by atoms with Gasteiger partial charge in [-0.25, -0.2) is 4.98 Å². The Morgan fingerprint density at radius 2 is 2.20 bits per heavy atom. The maximum absolute atomic E-state index is 12.3. The van der Waals surface area contributed by atoms with E-state index in [0.717, 1.165) is 0 Å². The largest absolute Gasteiger partial charge is 0.393 e. The molecular formula is C17H26N6O2. The fraction of sp³-hybridized carbons (Fsp3) is 0.647. The fourth-order valence-corrected chi connectivity index (χ4v) is 2.78. The van der Waals surface area contributed by atoms with Gasteiger partial charge in [0.2, 0.25) is 11.9 Å². The van der Waals surface area contributed by atoms with Crippen LogP contribution in [0, 0.1) is 17.2 Å². The quantitative estimate of drug-likeness (QED) is 0.629. The van der Waals surface area contributed by atoms with Crippen LogP contribution in [0.2, 0.25) is 0 Å². The minimum absolute atomic E-state index is 0.0137. The molecule has 1 amide bonds. The topological polar surface area (TPSA) is 114 Å². The first kappa shape index (κ1) is 18.9. The molecule has 0 aromatic carbocycles. The predicted octanol–water partition coefficient (Wildman–Crippen LogP) is 0.904. The molecule has 1 atom stereocenters. The van der Waals surface area contributed by atoms with Crippen LogP contribution >= 0.6 is 0 Å². The third-order valence-corrected chi connectivity index (χ3v) is 4.08. The van der Waals surface area contributed by atoms with Crippen molar-refractivity contribution >= 4 is 17.7 Å². The number of hydrogen-bond donors (Lipinski definition) is 3. The number of aromatic nitrogens is 2. The van der Waals surface area contributed by atoms with E-state index >= 15 is 0 Å². The van der Waals surface area contributed by atoms with Crippen LogP contribution in [0.1, 0.15) is 33.1 Å². The third-order valence-electron chi connectivity index (χ3n) is 4.08. The van der Waals surface area contributed by atoms with Crippen LogP contribution in [0.25, 0.3) is 0 Å².